The second-order valence-corrected chi connectivity index (χ2v) is 5.22. The van der Waals surface area contributed by atoms with Gasteiger partial charge in [0, 0.05) is 11.3 Å². The monoisotopic (exact) mass is 287 g/mol. The Bertz CT molecular complexity index is 679. The molecule has 6 heteroatoms. The van der Waals surface area contributed by atoms with Gasteiger partial charge in [-0.3, -0.25) is 0 Å². The smallest absolute Gasteiger partial charge is 0.264 e. The Kier molecular flexibility index (Phi) is 3.64. The van der Waals surface area contributed by atoms with Gasteiger partial charge in [0.15, 0.2) is 12.4 Å². The highest BCUT2D eigenvalue weighted by Gasteiger charge is 2.09. The van der Waals surface area contributed by atoms with E-state index in [1.54, 1.807) is 23.5 Å². The van der Waals surface area contributed by atoms with Gasteiger partial charge < -0.3 is 15.0 Å². The zero-order valence-electron chi connectivity index (χ0n) is 10.7. The lowest BCUT2D eigenvalue weighted by Gasteiger charge is -2.05. The van der Waals surface area contributed by atoms with Crippen molar-refractivity contribution in [3.63, 3.8) is 0 Å². The van der Waals surface area contributed by atoms with Crippen LogP contribution in [0.25, 0.3) is 0 Å². The molecule has 102 valence electrons. The highest BCUT2D eigenvalue weighted by molar-refractivity contribution is 7.09. The van der Waals surface area contributed by atoms with Gasteiger partial charge in [-0.05, 0) is 23.6 Å². The highest BCUT2D eigenvalue weighted by Crippen LogP contribution is 2.21. The Balaban J connectivity index is 1.61. The Hall–Kier alpha value is -2.34. The van der Waals surface area contributed by atoms with Gasteiger partial charge in [-0.15, -0.1) is 11.3 Å². The molecule has 0 amide bonds. The molecule has 0 atom stereocenters. The van der Waals surface area contributed by atoms with Crippen molar-refractivity contribution in [2.75, 3.05) is 5.73 Å². The Morgan fingerprint density at radius 2 is 2.10 bits per heavy atom. The molecule has 5 nitrogen and oxygen atoms in total. The van der Waals surface area contributed by atoms with Crippen molar-refractivity contribution in [2.24, 2.45) is 0 Å². The first-order chi connectivity index (χ1) is 9.81. The maximum Gasteiger partial charge on any atom is 0.264 e. The lowest BCUT2D eigenvalue weighted by Crippen LogP contribution is -1.99. The van der Waals surface area contributed by atoms with Crippen LogP contribution >= 0.6 is 11.3 Å². The predicted octanol–water partition coefficient (Wildman–Crippen LogP) is 2.88. The first kappa shape index (κ1) is 12.7. The molecule has 1 aromatic carbocycles. The molecule has 20 heavy (non-hydrogen) atoms. The van der Waals surface area contributed by atoms with E-state index in [1.165, 1.54) is 4.88 Å². The summed E-state index contributed by atoms with van der Waals surface area (Å²) in [5, 5.41) is 5.96. The molecule has 3 rings (SSSR count). The summed E-state index contributed by atoms with van der Waals surface area (Å²) in [7, 11) is 0. The van der Waals surface area contributed by atoms with E-state index in [9.17, 15) is 0 Å². The van der Waals surface area contributed by atoms with Crippen LogP contribution in [0.2, 0.25) is 0 Å². The number of para-hydroxylation sites is 2. The number of ether oxygens (including phenoxy) is 1. The number of aromatic nitrogens is 2. The normalized spacial score (nSPS) is 10.6. The SMILES string of the molecule is Nc1ccccc1OCc1nc(Cc2cccs2)no1. The van der Waals surface area contributed by atoms with E-state index in [-0.39, 0.29) is 6.61 Å². The van der Waals surface area contributed by atoms with E-state index >= 15 is 0 Å². The first-order valence-electron chi connectivity index (χ1n) is 6.12. The van der Waals surface area contributed by atoms with Crippen LogP contribution in [0.1, 0.15) is 16.6 Å². The quantitative estimate of drug-likeness (QED) is 0.730. The van der Waals surface area contributed by atoms with E-state index in [4.69, 9.17) is 15.0 Å². The minimum atomic E-state index is 0.214. The third-order valence-electron chi connectivity index (χ3n) is 2.69. The number of nitrogens with two attached hydrogens (primary N) is 1. The number of hydrogen-bond acceptors (Lipinski definition) is 6. The van der Waals surface area contributed by atoms with Gasteiger partial charge in [0.05, 0.1) is 5.69 Å². The summed E-state index contributed by atoms with van der Waals surface area (Å²) in [5.74, 6) is 1.72. The van der Waals surface area contributed by atoms with Crippen LogP contribution in [0.3, 0.4) is 0 Å². The molecule has 2 N–H and O–H groups in total. The van der Waals surface area contributed by atoms with Crippen LogP contribution in [0.15, 0.2) is 46.3 Å². The molecule has 3 aromatic rings. The fourth-order valence-corrected chi connectivity index (χ4v) is 2.44. The molecule has 0 radical (unpaired) electrons. The van der Waals surface area contributed by atoms with Crippen molar-refractivity contribution in [1.82, 2.24) is 10.1 Å². The molecule has 0 spiro atoms. The molecule has 2 heterocycles. The lowest BCUT2D eigenvalue weighted by molar-refractivity contribution is 0.243. The van der Waals surface area contributed by atoms with Crippen LogP contribution < -0.4 is 10.5 Å². The zero-order valence-corrected chi connectivity index (χ0v) is 11.5. The van der Waals surface area contributed by atoms with Gasteiger partial charge in [-0.1, -0.05) is 23.4 Å². The Morgan fingerprint density at radius 3 is 2.90 bits per heavy atom. The molecule has 0 saturated heterocycles. The Labute approximate surface area is 120 Å². The number of hydrogen-bond donors (Lipinski definition) is 1. The number of nitrogen functional groups attached to an aromatic ring is 1. The van der Waals surface area contributed by atoms with Crippen molar-refractivity contribution in [3.05, 3.63) is 58.4 Å². The number of rotatable bonds is 5. The third-order valence-corrected chi connectivity index (χ3v) is 3.57. The van der Waals surface area contributed by atoms with Gasteiger partial charge in [-0.2, -0.15) is 4.98 Å². The van der Waals surface area contributed by atoms with Crippen LogP contribution in [-0.4, -0.2) is 10.1 Å². The molecule has 0 aliphatic carbocycles. The molecule has 0 aliphatic heterocycles. The van der Waals surface area contributed by atoms with E-state index in [1.807, 2.05) is 29.6 Å². The van der Waals surface area contributed by atoms with Crippen LogP contribution in [-0.2, 0) is 13.0 Å². The largest absolute Gasteiger partial charge is 0.482 e. The molecular weight excluding hydrogens is 274 g/mol. The van der Waals surface area contributed by atoms with E-state index in [0.29, 0.717) is 29.6 Å². The van der Waals surface area contributed by atoms with Gasteiger partial charge in [0.1, 0.15) is 5.75 Å². The summed E-state index contributed by atoms with van der Waals surface area (Å²) >= 11 is 1.67. The fraction of sp³-hybridized carbons (Fsp3) is 0.143. The van der Waals surface area contributed by atoms with Crippen molar-refractivity contribution in [3.8, 4) is 5.75 Å². The molecular formula is C14H13N3O2S. The van der Waals surface area contributed by atoms with E-state index < -0.39 is 0 Å². The van der Waals surface area contributed by atoms with Gasteiger partial charge in [0.25, 0.3) is 5.89 Å². The Morgan fingerprint density at radius 1 is 1.20 bits per heavy atom. The average Bonchev–Trinajstić information content (AvgIpc) is 3.10. The highest BCUT2D eigenvalue weighted by atomic mass is 32.1. The number of thiophene rings is 1. The maximum atomic E-state index is 5.79. The molecule has 2 aromatic heterocycles. The average molecular weight is 287 g/mol. The van der Waals surface area contributed by atoms with Crippen LogP contribution in [0, 0.1) is 0 Å². The number of benzene rings is 1. The van der Waals surface area contributed by atoms with Crippen LogP contribution in [0.5, 0.6) is 5.75 Å². The molecule has 0 bridgehead atoms. The van der Waals surface area contributed by atoms with Gasteiger partial charge in [0.2, 0.25) is 0 Å². The maximum absolute atomic E-state index is 5.79. The first-order valence-corrected chi connectivity index (χ1v) is 7.00. The molecule has 0 aliphatic rings. The number of nitrogens with zero attached hydrogens (tertiary/aromatic N) is 2. The summed E-state index contributed by atoms with van der Waals surface area (Å²) < 4.78 is 10.7. The topological polar surface area (TPSA) is 74.2 Å². The minimum absolute atomic E-state index is 0.214. The second kappa shape index (κ2) is 5.75. The lowest BCUT2D eigenvalue weighted by atomic mass is 10.3. The van der Waals surface area contributed by atoms with E-state index in [2.05, 4.69) is 10.1 Å². The number of anilines is 1. The molecule has 0 unspecified atom stereocenters. The van der Waals surface area contributed by atoms with Crippen molar-refractivity contribution in [1.29, 1.82) is 0 Å². The summed E-state index contributed by atoms with van der Waals surface area (Å²) in [5.41, 5.74) is 6.38. The summed E-state index contributed by atoms with van der Waals surface area (Å²) in [6.45, 7) is 0.214. The summed E-state index contributed by atoms with van der Waals surface area (Å²) in [6.07, 6.45) is 0.675. The molecule has 0 fully saturated rings. The van der Waals surface area contributed by atoms with Crippen molar-refractivity contribution in [2.45, 2.75) is 13.0 Å². The standard InChI is InChI=1S/C14H13N3O2S/c15-11-5-1-2-6-12(11)18-9-14-16-13(17-19-14)8-10-4-3-7-20-10/h1-7H,8-9,15H2. The van der Waals surface area contributed by atoms with Crippen molar-refractivity contribution >= 4 is 17.0 Å². The minimum Gasteiger partial charge on any atom is -0.482 e. The fourth-order valence-electron chi connectivity index (χ4n) is 1.74. The predicted molar refractivity (Wildman–Crippen MR) is 76.6 cm³/mol. The summed E-state index contributed by atoms with van der Waals surface area (Å²) in [4.78, 5) is 5.49. The zero-order chi connectivity index (χ0) is 13.8. The van der Waals surface area contributed by atoms with Crippen LogP contribution in [0.4, 0.5) is 5.69 Å². The second-order valence-electron chi connectivity index (χ2n) is 4.19. The van der Waals surface area contributed by atoms with Crippen molar-refractivity contribution < 1.29 is 9.26 Å². The van der Waals surface area contributed by atoms with Gasteiger partial charge >= 0.3 is 0 Å². The molecule has 0 saturated carbocycles. The van der Waals surface area contributed by atoms with Gasteiger partial charge in [-0.25, -0.2) is 0 Å². The third kappa shape index (κ3) is 2.97. The van der Waals surface area contributed by atoms with E-state index in [0.717, 1.165) is 0 Å². The summed E-state index contributed by atoms with van der Waals surface area (Å²) in [6, 6.07) is 11.4.